The highest BCUT2D eigenvalue weighted by atomic mass is 28.3. The molecule has 0 saturated heterocycles. The molecule has 0 aliphatic heterocycles. The summed E-state index contributed by atoms with van der Waals surface area (Å²) < 4.78 is 2.54. The van der Waals surface area contributed by atoms with Crippen LogP contribution in [0.2, 0.25) is 16.6 Å². The maximum Gasteiger partial charge on any atom is 0.171 e. The van der Waals surface area contributed by atoms with Crippen molar-refractivity contribution >= 4 is 19.3 Å². The molecule has 1 aromatic carbocycles. The molecule has 0 aliphatic carbocycles. The molecule has 2 aromatic heterocycles. The van der Waals surface area contributed by atoms with E-state index < -0.39 is 8.24 Å². The molecule has 0 radical (unpaired) electrons. The van der Waals surface area contributed by atoms with Gasteiger partial charge in [-0.25, -0.2) is 4.98 Å². The van der Waals surface area contributed by atoms with Crippen LogP contribution in [-0.2, 0) is 0 Å². The van der Waals surface area contributed by atoms with E-state index in [0.717, 1.165) is 16.8 Å². The molecule has 3 rings (SSSR count). The van der Waals surface area contributed by atoms with Crippen LogP contribution in [0.4, 0.5) is 0 Å². The lowest BCUT2D eigenvalue weighted by molar-refractivity contribution is 0.475. The third-order valence-corrected chi connectivity index (χ3v) is 12.7. The summed E-state index contributed by atoms with van der Waals surface area (Å²) in [5.74, 6) is 0.288. The molecule has 0 bridgehead atoms. The molecule has 3 aromatic rings. The standard InChI is InChI=1S/C22H30N2OSi/c1-15(2)26(16(3)4,17(5)6)24-12-11-19-13-20(14-23-22(19)24)18-7-9-21(25)10-8-18/h7-17,25H,1-6H3. The number of aromatic hydroxyl groups is 1. The van der Waals surface area contributed by atoms with E-state index >= 15 is 0 Å². The van der Waals surface area contributed by atoms with Gasteiger partial charge in [-0.3, -0.25) is 0 Å². The van der Waals surface area contributed by atoms with Crippen molar-refractivity contribution in [2.45, 2.75) is 58.2 Å². The first-order valence-electron chi connectivity index (χ1n) is 9.55. The zero-order chi connectivity index (χ0) is 19.1. The van der Waals surface area contributed by atoms with Gasteiger partial charge in [0.1, 0.15) is 11.4 Å². The van der Waals surface area contributed by atoms with Crippen LogP contribution in [-0.4, -0.2) is 22.6 Å². The number of benzene rings is 1. The normalized spacial score (nSPS) is 12.7. The Hall–Kier alpha value is -2.07. The Morgan fingerprint density at radius 2 is 1.42 bits per heavy atom. The minimum Gasteiger partial charge on any atom is -0.508 e. The summed E-state index contributed by atoms with van der Waals surface area (Å²) in [5, 5.41) is 10.7. The predicted octanol–water partition coefficient (Wildman–Crippen LogP) is 6.43. The summed E-state index contributed by atoms with van der Waals surface area (Å²) in [7, 11) is -1.80. The number of aromatic nitrogens is 2. The van der Waals surface area contributed by atoms with Gasteiger partial charge in [-0.05, 0) is 52.6 Å². The molecule has 0 spiro atoms. The van der Waals surface area contributed by atoms with Crippen molar-refractivity contribution in [2.75, 3.05) is 0 Å². The van der Waals surface area contributed by atoms with Gasteiger partial charge in [-0.15, -0.1) is 0 Å². The molecule has 0 amide bonds. The lowest BCUT2D eigenvalue weighted by Gasteiger charge is -2.44. The number of pyridine rings is 1. The average Bonchev–Trinajstić information content (AvgIpc) is 2.98. The fourth-order valence-corrected chi connectivity index (χ4v) is 11.5. The van der Waals surface area contributed by atoms with E-state index in [1.807, 2.05) is 18.3 Å². The second kappa shape index (κ2) is 6.91. The first-order valence-corrected chi connectivity index (χ1v) is 11.7. The van der Waals surface area contributed by atoms with Gasteiger partial charge in [0.15, 0.2) is 8.24 Å². The van der Waals surface area contributed by atoms with Gasteiger partial charge >= 0.3 is 0 Å². The Labute approximate surface area is 157 Å². The van der Waals surface area contributed by atoms with Crippen LogP contribution in [0.5, 0.6) is 5.75 Å². The Morgan fingerprint density at radius 3 is 1.96 bits per heavy atom. The summed E-state index contributed by atoms with van der Waals surface area (Å²) in [5.41, 5.74) is 5.17. The first-order chi connectivity index (χ1) is 12.3. The topological polar surface area (TPSA) is 38.0 Å². The molecular formula is C22H30N2OSi. The molecule has 2 heterocycles. The molecule has 4 heteroatoms. The lowest BCUT2D eigenvalue weighted by atomic mass is 10.1. The molecule has 1 N–H and O–H groups in total. The Bertz CT molecular complexity index is 872. The predicted molar refractivity (Wildman–Crippen MR) is 113 cm³/mol. The van der Waals surface area contributed by atoms with Gasteiger partial charge in [0.05, 0.1) is 0 Å². The molecule has 3 nitrogen and oxygen atoms in total. The summed E-state index contributed by atoms with van der Waals surface area (Å²) in [6.45, 7) is 14.3. The van der Waals surface area contributed by atoms with Crippen LogP contribution in [0.1, 0.15) is 41.5 Å². The zero-order valence-electron chi connectivity index (χ0n) is 16.7. The number of rotatable bonds is 5. The van der Waals surface area contributed by atoms with E-state index in [9.17, 15) is 5.11 Å². The van der Waals surface area contributed by atoms with Gasteiger partial charge in [0, 0.05) is 17.1 Å². The number of nitrogens with zero attached hydrogens (tertiary/aromatic N) is 2. The van der Waals surface area contributed by atoms with Crippen LogP contribution >= 0.6 is 0 Å². The van der Waals surface area contributed by atoms with E-state index in [4.69, 9.17) is 4.98 Å². The second-order valence-corrected chi connectivity index (χ2v) is 13.9. The van der Waals surface area contributed by atoms with Gasteiger partial charge in [0.25, 0.3) is 0 Å². The van der Waals surface area contributed by atoms with Gasteiger partial charge < -0.3 is 9.34 Å². The SMILES string of the molecule is CC(C)[Si](C(C)C)(C(C)C)n1ccc2cc(-c3ccc(O)cc3)cnc21. The number of phenolic OH excluding ortho intramolecular Hbond substituents is 1. The van der Waals surface area contributed by atoms with Gasteiger partial charge in [0.2, 0.25) is 0 Å². The second-order valence-electron chi connectivity index (χ2n) is 8.22. The van der Waals surface area contributed by atoms with E-state index in [-0.39, 0.29) is 5.75 Å². The van der Waals surface area contributed by atoms with Crippen molar-refractivity contribution in [3.63, 3.8) is 0 Å². The molecule has 0 aliphatic rings. The number of phenols is 1. The van der Waals surface area contributed by atoms with E-state index in [2.05, 4.69) is 64.1 Å². The van der Waals surface area contributed by atoms with Crippen LogP contribution in [0.15, 0.2) is 48.8 Å². The maximum absolute atomic E-state index is 9.51. The van der Waals surface area contributed by atoms with Gasteiger partial charge in [-0.1, -0.05) is 53.7 Å². The molecule has 0 saturated carbocycles. The summed E-state index contributed by atoms with van der Waals surface area (Å²) in [6, 6.07) is 11.7. The monoisotopic (exact) mass is 366 g/mol. The van der Waals surface area contributed by atoms with Crippen molar-refractivity contribution in [1.82, 2.24) is 9.22 Å². The fourth-order valence-electron chi connectivity index (χ4n) is 4.98. The Kier molecular flexibility index (Phi) is 4.98. The third kappa shape index (κ3) is 2.86. The Morgan fingerprint density at radius 1 is 0.846 bits per heavy atom. The number of fused-ring (bicyclic) bond motifs is 1. The molecule has 0 fully saturated rings. The van der Waals surface area contributed by atoms with Crippen LogP contribution < -0.4 is 0 Å². The van der Waals surface area contributed by atoms with Crippen molar-refractivity contribution in [3.8, 4) is 16.9 Å². The summed E-state index contributed by atoms with van der Waals surface area (Å²) in [4.78, 5) is 4.89. The van der Waals surface area contributed by atoms with E-state index in [1.165, 1.54) is 5.39 Å². The molecular weight excluding hydrogens is 336 g/mol. The maximum atomic E-state index is 9.51. The number of hydrogen-bond donors (Lipinski definition) is 1. The highest BCUT2D eigenvalue weighted by Gasteiger charge is 2.45. The Balaban J connectivity index is 2.16. The fraction of sp³-hybridized carbons (Fsp3) is 0.409. The third-order valence-electron chi connectivity index (χ3n) is 5.92. The van der Waals surface area contributed by atoms with Crippen molar-refractivity contribution in [3.05, 3.63) is 48.8 Å². The molecule has 138 valence electrons. The molecule has 0 unspecified atom stereocenters. The quantitative estimate of drug-likeness (QED) is 0.528. The van der Waals surface area contributed by atoms with Crippen LogP contribution in [0, 0.1) is 0 Å². The lowest BCUT2D eigenvalue weighted by Crippen LogP contribution is -2.51. The average molecular weight is 367 g/mol. The first kappa shape index (κ1) is 18.7. The van der Waals surface area contributed by atoms with Crippen LogP contribution in [0.3, 0.4) is 0 Å². The van der Waals surface area contributed by atoms with Crippen molar-refractivity contribution in [1.29, 1.82) is 0 Å². The highest BCUT2D eigenvalue weighted by Crippen LogP contribution is 2.44. The summed E-state index contributed by atoms with van der Waals surface area (Å²) >= 11 is 0. The number of hydrogen-bond acceptors (Lipinski definition) is 2. The molecule has 0 atom stereocenters. The molecule has 26 heavy (non-hydrogen) atoms. The minimum absolute atomic E-state index is 0.288. The van der Waals surface area contributed by atoms with Crippen LogP contribution in [0.25, 0.3) is 22.2 Å². The highest BCUT2D eigenvalue weighted by molar-refractivity contribution is 6.82. The van der Waals surface area contributed by atoms with Crippen molar-refractivity contribution in [2.24, 2.45) is 0 Å². The zero-order valence-corrected chi connectivity index (χ0v) is 17.7. The van der Waals surface area contributed by atoms with Crippen molar-refractivity contribution < 1.29 is 5.11 Å². The minimum atomic E-state index is -1.80. The smallest absolute Gasteiger partial charge is 0.171 e. The van der Waals surface area contributed by atoms with E-state index in [0.29, 0.717) is 16.6 Å². The summed E-state index contributed by atoms with van der Waals surface area (Å²) in [6.07, 6.45) is 4.23. The van der Waals surface area contributed by atoms with Gasteiger partial charge in [-0.2, -0.15) is 0 Å². The largest absolute Gasteiger partial charge is 0.508 e. The van der Waals surface area contributed by atoms with E-state index in [1.54, 1.807) is 12.1 Å².